The molecule has 1 aliphatic carbocycles. The maximum atomic E-state index is 10.8. The Hall–Kier alpha value is -1.16. The van der Waals surface area contributed by atoms with Crippen molar-refractivity contribution in [3.05, 3.63) is 22.7 Å². The minimum absolute atomic E-state index is 0.573. The fourth-order valence-corrected chi connectivity index (χ4v) is 2.32. The molecule has 0 saturated carbocycles. The summed E-state index contributed by atoms with van der Waals surface area (Å²) in [4.78, 5) is 11.8. The molecule has 0 amide bonds. The third kappa shape index (κ3) is 1.49. The van der Waals surface area contributed by atoms with Crippen LogP contribution >= 0.6 is 11.5 Å². The largest absolute Gasteiger partial charge is 0.478 e. The van der Waals surface area contributed by atoms with E-state index in [0.717, 1.165) is 23.3 Å². The lowest BCUT2D eigenvalue weighted by Gasteiger charge is -1.98. The van der Waals surface area contributed by atoms with E-state index in [0.29, 0.717) is 12.0 Å². The molecule has 0 radical (unpaired) electrons. The Kier molecular flexibility index (Phi) is 2.14. The molecule has 0 bridgehead atoms. The van der Waals surface area contributed by atoms with Crippen molar-refractivity contribution < 1.29 is 9.90 Å². The lowest BCUT2D eigenvalue weighted by atomic mass is 10.1. The summed E-state index contributed by atoms with van der Waals surface area (Å²) in [6, 6.07) is 1.88. The van der Waals surface area contributed by atoms with Crippen LogP contribution in [0.5, 0.6) is 0 Å². The fraction of sp³-hybridized carbons (Fsp3) is 0.333. The SMILES string of the molecule is O=C(O)C1=C(c2ccns2)CCC1. The zero-order chi connectivity index (χ0) is 9.26. The predicted octanol–water partition coefficient (Wildman–Crippen LogP) is 2.17. The van der Waals surface area contributed by atoms with Gasteiger partial charge in [-0.1, -0.05) is 0 Å². The van der Waals surface area contributed by atoms with Gasteiger partial charge in [0.25, 0.3) is 0 Å². The van der Waals surface area contributed by atoms with E-state index in [9.17, 15) is 4.79 Å². The lowest BCUT2D eigenvalue weighted by Crippen LogP contribution is -1.98. The van der Waals surface area contributed by atoms with Gasteiger partial charge in [0.05, 0.1) is 4.88 Å². The van der Waals surface area contributed by atoms with Crippen LogP contribution in [0.3, 0.4) is 0 Å². The molecule has 0 spiro atoms. The molecule has 0 saturated heterocycles. The second kappa shape index (κ2) is 3.30. The molecule has 4 heteroatoms. The summed E-state index contributed by atoms with van der Waals surface area (Å²) in [5.41, 5.74) is 1.55. The van der Waals surface area contributed by atoms with Gasteiger partial charge < -0.3 is 5.11 Å². The van der Waals surface area contributed by atoms with Crippen molar-refractivity contribution in [2.24, 2.45) is 0 Å². The van der Waals surface area contributed by atoms with Crippen molar-refractivity contribution in [1.29, 1.82) is 0 Å². The van der Waals surface area contributed by atoms with Crippen molar-refractivity contribution in [1.82, 2.24) is 4.37 Å². The highest BCUT2D eigenvalue weighted by molar-refractivity contribution is 7.07. The molecule has 0 aliphatic heterocycles. The quantitative estimate of drug-likeness (QED) is 0.786. The first kappa shape index (κ1) is 8.44. The average molecular weight is 195 g/mol. The van der Waals surface area contributed by atoms with Crippen molar-refractivity contribution in [3.63, 3.8) is 0 Å². The maximum Gasteiger partial charge on any atom is 0.331 e. The minimum atomic E-state index is -0.777. The van der Waals surface area contributed by atoms with Gasteiger partial charge in [-0.05, 0) is 42.4 Å². The number of carboxylic acid groups (broad SMARTS) is 1. The van der Waals surface area contributed by atoms with E-state index in [2.05, 4.69) is 4.37 Å². The number of carboxylic acids is 1. The topological polar surface area (TPSA) is 50.2 Å². The van der Waals surface area contributed by atoms with Gasteiger partial charge in [0.2, 0.25) is 0 Å². The van der Waals surface area contributed by atoms with E-state index < -0.39 is 5.97 Å². The summed E-state index contributed by atoms with van der Waals surface area (Å²) in [6.07, 6.45) is 4.24. The van der Waals surface area contributed by atoms with Crippen molar-refractivity contribution in [3.8, 4) is 0 Å². The molecule has 1 N–H and O–H groups in total. The highest BCUT2D eigenvalue weighted by Gasteiger charge is 2.21. The van der Waals surface area contributed by atoms with E-state index in [4.69, 9.17) is 5.11 Å². The molecule has 1 aliphatic rings. The predicted molar refractivity (Wildman–Crippen MR) is 50.5 cm³/mol. The first-order valence-corrected chi connectivity index (χ1v) is 4.93. The Labute approximate surface area is 79.9 Å². The van der Waals surface area contributed by atoms with E-state index in [-0.39, 0.29) is 0 Å². The third-order valence-electron chi connectivity index (χ3n) is 2.21. The highest BCUT2D eigenvalue weighted by Crippen LogP contribution is 2.35. The monoisotopic (exact) mass is 195 g/mol. The summed E-state index contributed by atoms with van der Waals surface area (Å²) in [6.45, 7) is 0. The summed E-state index contributed by atoms with van der Waals surface area (Å²) >= 11 is 1.37. The Morgan fingerprint density at radius 3 is 3.00 bits per heavy atom. The molecule has 1 heterocycles. The van der Waals surface area contributed by atoms with Crippen LogP contribution in [-0.4, -0.2) is 15.4 Å². The summed E-state index contributed by atoms with van der Waals surface area (Å²) in [7, 11) is 0. The number of hydrogen-bond acceptors (Lipinski definition) is 3. The molecule has 68 valence electrons. The lowest BCUT2D eigenvalue weighted by molar-refractivity contribution is -0.132. The van der Waals surface area contributed by atoms with Crippen molar-refractivity contribution >= 4 is 23.1 Å². The summed E-state index contributed by atoms with van der Waals surface area (Å²) in [5.74, 6) is -0.777. The molecule has 3 nitrogen and oxygen atoms in total. The second-order valence-corrected chi connectivity index (χ2v) is 3.83. The standard InChI is InChI=1S/C9H9NO2S/c11-9(12)7-3-1-2-6(7)8-4-5-10-13-8/h4-5H,1-3H2,(H,11,12). The minimum Gasteiger partial charge on any atom is -0.478 e. The smallest absolute Gasteiger partial charge is 0.331 e. The first-order valence-electron chi connectivity index (χ1n) is 4.15. The summed E-state index contributed by atoms with van der Waals surface area (Å²) < 4.78 is 3.98. The number of aromatic nitrogens is 1. The molecule has 0 atom stereocenters. The van der Waals surface area contributed by atoms with Crippen LogP contribution < -0.4 is 0 Å². The van der Waals surface area contributed by atoms with Crippen LogP contribution in [0.4, 0.5) is 0 Å². The van der Waals surface area contributed by atoms with Crippen LogP contribution in [0.15, 0.2) is 17.8 Å². The number of hydrogen-bond donors (Lipinski definition) is 1. The van der Waals surface area contributed by atoms with E-state index in [1.165, 1.54) is 11.5 Å². The molecule has 0 fully saturated rings. The number of nitrogens with zero attached hydrogens (tertiary/aromatic N) is 1. The highest BCUT2D eigenvalue weighted by atomic mass is 32.1. The number of rotatable bonds is 2. The van der Waals surface area contributed by atoms with E-state index in [1.54, 1.807) is 6.20 Å². The zero-order valence-corrected chi connectivity index (χ0v) is 7.80. The van der Waals surface area contributed by atoms with Gasteiger partial charge >= 0.3 is 5.97 Å². The summed E-state index contributed by atoms with van der Waals surface area (Å²) in [5, 5.41) is 8.91. The van der Waals surface area contributed by atoms with Gasteiger partial charge in [-0.15, -0.1) is 0 Å². The second-order valence-electron chi connectivity index (χ2n) is 2.99. The van der Waals surface area contributed by atoms with Crippen LogP contribution in [0.1, 0.15) is 24.1 Å². The molecule has 0 aromatic carbocycles. The maximum absolute atomic E-state index is 10.8. The van der Waals surface area contributed by atoms with Gasteiger partial charge in [0.1, 0.15) is 0 Å². The van der Waals surface area contributed by atoms with Gasteiger partial charge in [-0.25, -0.2) is 9.17 Å². The first-order chi connectivity index (χ1) is 6.29. The molecule has 13 heavy (non-hydrogen) atoms. The zero-order valence-electron chi connectivity index (χ0n) is 6.99. The molecule has 1 aromatic heterocycles. The van der Waals surface area contributed by atoms with E-state index in [1.807, 2.05) is 6.07 Å². The molecular weight excluding hydrogens is 186 g/mol. The van der Waals surface area contributed by atoms with E-state index >= 15 is 0 Å². The number of aliphatic carboxylic acids is 1. The van der Waals surface area contributed by atoms with Crippen LogP contribution in [0.2, 0.25) is 0 Å². The molecule has 1 aromatic rings. The number of carbonyl (C=O) groups is 1. The molecule has 2 rings (SSSR count). The van der Waals surface area contributed by atoms with Gasteiger partial charge in [0, 0.05) is 11.8 Å². The Morgan fingerprint density at radius 1 is 1.54 bits per heavy atom. The van der Waals surface area contributed by atoms with Gasteiger partial charge in [-0.2, -0.15) is 0 Å². The fourth-order valence-electron chi connectivity index (χ4n) is 1.62. The van der Waals surface area contributed by atoms with Crippen LogP contribution in [-0.2, 0) is 4.79 Å². The molecule has 0 unspecified atom stereocenters. The van der Waals surface area contributed by atoms with Crippen molar-refractivity contribution in [2.45, 2.75) is 19.3 Å². The Balaban J connectivity index is 2.41. The van der Waals surface area contributed by atoms with Crippen LogP contribution in [0, 0.1) is 0 Å². The Morgan fingerprint density at radius 2 is 2.38 bits per heavy atom. The van der Waals surface area contributed by atoms with Crippen molar-refractivity contribution in [2.75, 3.05) is 0 Å². The van der Waals surface area contributed by atoms with Gasteiger partial charge in [-0.3, -0.25) is 0 Å². The van der Waals surface area contributed by atoms with Crippen LogP contribution in [0.25, 0.3) is 5.57 Å². The Bertz CT molecular complexity index is 354. The normalized spacial score (nSPS) is 16.6. The third-order valence-corrected chi connectivity index (χ3v) is 3.02. The molecular formula is C9H9NO2S. The number of allylic oxidation sites excluding steroid dienone is 1. The average Bonchev–Trinajstić information content (AvgIpc) is 2.74. The van der Waals surface area contributed by atoms with Gasteiger partial charge in [0.15, 0.2) is 0 Å².